The zero-order valence-corrected chi connectivity index (χ0v) is 11.8. The monoisotopic (exact) mass is 267 g/mol. The minimum absolute atomic E-state index is 0.0446. The standard InChI is InChI=1S/C13H21N3O3/c1-9(2)16-12(17)8-14-7-10-13(19-4)11(18-3)5-6-15-10/h5-6,9,14H,7-8H2,1-4H3,(H,16,17). The van der Waals surface area contributed by atoms with E-state index in [0.29, 0.717) is 23.7 Å². The number of nitrogens with one attached hydrogen (secondary N) is 2. The molecular formula is C13H21N3O3. The summed E-state index contributed by atoms with van der Waals surface area (Å²) in [5, 5.41) is 5.83. The van der Waals surface area contributed by atoms with Crippen molar-refractivity contribution in [2.24, 2.45) is 0 Å². The molecule has 1 heterocycles. The normalized spacial score (nSPS) is 10.4. The van der Waals surface area contributed by atoms with Gasteiger partial charge in [0.05, 0.1) is 26.5 Å². The van der Waals surface area contributed by atoms with E-state index in [0.717, 1.165) is 0 Å². The molecule has 0 saturated heterocycles. The summed E-state index contributed by atoms with van der Waals surface area (Å²) in [4.78, 5) is 15.7. The Morgan fingerprint density at radius 1 is 1.37 bits per heavy atom. The fraction of sp³-hybridized carbons (Fsp3) is 0.538. The minimum Gasteiger partial charge on any atom is -0.493 e. The maximum Gasteiger partial charge on any atom is 0.234 e. The van der Waals surface area contributed by atoms with E-state index in [9.17, 15) is 4.79 Å². The van der Waals surface area contributed by atoms with Gasteiger partial charge in [-0.15, -0.1) is 0 Å². The predicted molar refractivity (Wildman–Crippen MR) is 72.3 cm³/mol. The van der Waals surface area contributed by atoms with Crippen LogP contribution in [0.4, 0.5) is 0 Å². The van der Waals surface area contributed by atoms with Crippen molar-refractivity contribution in [3.63, 3.8) is 0 Å². The number of carbonyl (C=O) groups is 1. The largest absolute Gasteiger partial charge is 0.493 e. The molecule has 1 aromatic heterocycles. The molecule has 0 aliphatic rings. The Labute approximate surface area is 113 Å². The maximum absolute atomic E-state index is 11.5. The number of methoxy groups -OCH3 is 2. The highest BCUT2D eigenvalue weighted by Gasteiger charge is 2.11. The van der Waals surface area contributed by atoms with Crippen LogP contribution < -0.4 is 20.1 Å². The van der Waals surface area contributed by atoms with E-state index in [1.54, 1.807) is 26.5 Å². The summed E-state index contributed by atoms with van der Waals surface area (Å²) < 4.78 is 10.4. The van der Waals surface area contributed by atoms with Crippen LogP contribution in [0.3, 0.4) is 0 Å². The maximum atomic E-state index is 11.5. The molecule has 1 aromatic rings. The van der Waals surface area contributed by atoms with Crippen molar-refractivity contribution in [3.8, 4) is 11.5 Å². The van der Waals surface area contributed by atoms with Crippen molar-refractivity contribution in [1.82, 2.24) is 15.6 Å². The molecule has 0 aromatic carbocycles. The predicted octanol–water partition coefficient (Wildman–Crippen LogP) is 0.713. The zero-order valence-electron chi connectivity index (χ0n) is 11.8. The summed E-state index contributed by atoms with van der Waals surface area (Å²) >= 11 is 0. The lowest BCUT2D eigenvalue weighted by atomic mass is 10.3. The van der Waals surface area contributed by atoms with Gasteiger partial charge in [0.15, 0.2) is 11.5 Å². The van der Waals surface area contributed by atoms with Crippen LogP contribution in [0, 0.1) is 0 Å². The molecule has 0 atom stereocenters. The van der Waals surface area contributed by atoms with Gasteiger partial charge in [-0.1, -0.05) is 0 Å². The van der Waals surface area contributed by atoms with Gasteiger partial charge in [0.25, 0.3) is 0 Å². The van der Waals surface area contributed by atoms with E-state index in [4.69, 9.17) is 9.47 Å². The second kappa shape index (κ2) is 7.58. The molecular weight excluding hydrogens is 246 g/mol. The molecule has 6 nitrogen and oxygen atoms in total. The van der Waals surface area contributed by atoms with Crippen LogP contribution in [0.5, 0.6) is 11.5 Å². The van der Waals surface area contributed by atoms with Crippen LogP contribution in [-0.2, 0) is 11.3 Å². The van der Waals surface area contributed by atoms with Gasteiger partial charge >= 0.3 is 0 Å². The van der Waals surface area contributed by atoms with Crippen molar-refractivity contribution >= 4 is 5.91 Å². The summed E-state index contributed by atoms with van der Waals surface area (Å²) in [5.41, 5.74) is 0.708. The second-order valence-corrected chi connectivity index (χ2v) is 4.32. The quantitative estimate of drug-likeness (QED) is 0.761. The highest BCUT2D eigenvalue weighted by Crippen LogP contribution is 2.28. The molecule has 0 aliphatic heterocycles. The molecule has 1 amide bonds. The van der Waals surface area contributed by atoms with Gasteiger partial charge < -0.3 is 20.1 Å². The molecule has 19 heavy (non-hydrogen) atoms. The fourth-order valence-corrected chi connectivity index (χ4v) is 1.64. The summed E-state index contributed by atoms with van der Waals surface area (Å²) in [6, 6.07) is 1.87. The van der Waals surface area contributed by atoms with E-state index in [-0.39, 0.29) is 18.5 Å². The molecule has 0 spiro atoms. The number of hydrogen-bond acceptors (Lipinski definition) is 5. The molecule has 1 rings (SSSR count). The first kappa shape index (κ1) is 15.2. The van der Waals surface area contributed by atoms with Gasteiger partial charge in [-0.05, 0) is 13.8 Å². The van der Waals surface area contributed by atoms with E-state index in [1.165, 1.54) is 0 Å². The van der Waals surface area contributed by atoms with Gasteiger partial charge in [-0.2, -0.15) is 0 Å². The summed E-state index contributed by atoms with van der Waals surface area (Å²) in [6.07, 6.45) is 1.65. The van der Waals surface area contributed by atoms with Crippen LogP contribution in [-0.4, -0.2) is 37.7 Å². The molecule has 0 aliphatic carbocycles. The van der Waals surface area contributed by atoms with Crippen LogP contribution >= 0.6 is 0 Å². The number of hydrogen-bond donors (Lipinski definition) is 2. The number of ether oxygens (including phenoxy) is 2. The van der Waals surface area contributed by atoms with E-state index in [2.05, 4.69) is 15.6 Å². The van der Waals surface area contributed by atoms with Gasteiger partial charge in [-0.25, -0.2) is 0 Å². The lowest BCUT2D eigenvalue weighted by Gasteiger charge is -2.12. The number of pyridine rings is 1. The van der Waals surface area contributed by atoms with Crippen LogP contribution in [0.15, 0.2) is 12.3 Å². The van der Waals surface area contributed by atoms with Crippen LogP contribution in [0.25, 0.3) is 0 Å². The first-order valence-electron chi connectivity index (χ1n) is 6.14. The molecule has 106 valence electrons. The number of carbonyl (C=O) groups excluding carboxylic acids is 1. The molecule has 0 unspecified atom stereocenters. The molecule has 0 bridgehead atoms. The second-order valence-electron chi connectivity index (χ2n) is 4.32. The average molecular weight is 267 g/mol. The third-order valence-electron chi connectivity index (χ3n) is 2.39. The third-order valence-corrected chi connectivity index (χ3v) is 2.39. The Balaban J connectivity index is 2.56. The van der Waals surface area contributed by atoms with Crippen LogP contribution in [0.1, 0.15) is 19.5 Å². The lowest BCUT2D eigenvalue weighted by molar-refractivity contribution is -0.120. The Kier molecular flexibility index (Phi) is 6.08. The van der Waals surface area contributed by atoms with E-state index >= 15 is 0 Å². The number of amides is 1. The summed E-state index contributed by atoms with van der Waals surface area (Å²) in [6.45, 7) is 4.52. The number of nitrogens with zero attached hydrogens (tertiary/aromatic N) is 1. The minimum atomic E-state index is -0.0446. The van der Waals surface area contributed by atoms with Gasteiger partial charge in [0.1, 0.15) is 0 Å². The Morgan fingerprint density at radius 2 is 2.11 bits per heavy atom. The lowest BCUT2D eigenvalue weighted by Crippen LogP contribution is -2.37. The first-order chi connectivity index (χ1) is 9.08. The summed E-state index contributed by atoms with van der Waals surface area (Å²) in [7, 11) is 3.14. The molecule has 2 N–H and O–H groups in total. The number of rotatable bonds is 7. The average Bonchev–Trinajstić information content (AvgIpc) is 2.37. The van der Waals surface area contributed by atoms with Crippen LogP contribution in [0.2, 0.25) is 0 Å². The van der Waals surface area contributed by atoms with E-state index in [1.807, 2.05) is 13.8 Å². The highest BCUT2D eigenvalue weighted by molar-refractivity contribution is 5.78. The topological polar surface area (TPSA) is 72.5 Å². The van der Waals surface area contributed by atoms with Crippen molar-refractivity contribution < 1.29 is 14.3 Å². The van der Waals surface area contributed by atoms with Crippen molar-refractivity contribution in [2.75, 3.05) is 20.8 Å². The Hall–Kier alpha value is -1.82. The number of aromatic nitrogens is 1. The van der Waals surface area contributed by atoms with Crippen molar-refractivity contribution in [1.29, 1.82) is 0 Å². The fourth-order valence-electron chi connectivity index (χ4n) is 1.64. The van der Waals surface area contributed by atoms with E-state index < -0.39 is 0 Å². The van der Waals surface area contributed by atoms with Gasteiger partial charge in [0, 0.05) is 24.8 Å². The Morgan fingerprint density at radius 3 is 2.68 bits per heavy atom. The van der Waals surface area contributed by atoms with Gasteiger partial charge in [-0.3, -0.25) is 9.78 Å². The first-order valence-corrected chi connectivity index (χ1v) is 6.14. The SMILES string of the molecule is COc1ccnc(CNCC(=O)NC(C)C)c1OC. The molecule has 6 heteroatoms. The van der Waals surface area contributed by atoms with Gasteiger partial charge in [0.2, 0.25) is 5.91 Å². The molecule has 0 fully saturated rings. The zero-order chi connectivity index (χ0) is 14.3. The molecule has 0 radical (unpaired) electrons. The van der Waals surface area contributed by atoms with Crippen molar-refractivity contribution in [3.05, 3.63) is 18.0 Å². The smallest absolute Gasteiger partial charge is 0.234 e. The Bertz CT molecular complexity index is 422. The third kappa shape index (κ3) is 4.75. The highest BCUT2D eigenvalue weighted by atomic mass is 16.5. The summed E-state index contributed by atoms with van der Waals surface area (Å²) in [5.74, 6) is 1.17. The molecule has 0 saturated carbocycles. The van der Waals surface area contributed by atoms with Crippen molar-refractivity contribution in [2.45, 2.75) is 26.4 Å².